The van der Waals surface area contributed by atoms with Gasteiger partial charge in [0.25, 0.3) is 0 Å². The topological polar surface area (TPSA) is 41.6 Å². The van der Waals surface area contributed by atoms with Crippen molar-refractivity contribution in [3.8, 4) is 0 Å². The Kier molecular flexibility index (Phi) is 2.17. The molecule has 8 heavy (non-hydrogen) atoms. The Balaban J connectivity index is 2.50. The van der Waals surface area contributed by atoms with E-state index in [0.717, 1.165) is 5.03 Å². The number of aromatic amines is 1. The number of nitrogens with zero attached hydrogens (tertiary/aromatic N) is 2. The molecule has 0 aromatic carbocycles. The Hall–Kier alpha value is -0.220. The molecule has 0 amide bonds. The first kappa shape index (κ1) is 5.91. The lowest BCUT2D eigenvalue weighted by Crippen LogP contribution is -1.69. The molecule has 1 rings (SSSR count). The second kappa shape index (κ2) is 2.94. The van der Waals surface area contributed by atoms with E-state index < -0.39 is 0 Å². The van der Waals surface area contributed by atoms with E-state index in [1.54, 1.807) is 6.20 Å². The van der Waals surface area contributed by atoms with Crippen LogP contribution in [0.3, 0.4) is 0 Å². The fourth-order valence-electron chi connectivity index (χ4n) is 0.318. The summed E-state index contributed by atoms with van der Waals surface area (Å²) in [5.41, 5.74) is 0. The summed E-state index contributed by atoms with van der Waals surface area (Å²) in [5.74, 6) is 0. The van der Waals surface area contributed by atoms with Gasteiger partial charge in [-0.3, -0.25) is 5.10 Å². The molecule has 5 heteroatoms. The minimum atomic E-state index is 0.520. The molecule has 0 bridgehead atoms. The first-order chi connectivity index (χ1) is 3.93. The minimum Gasteiger partial charge on any atom is -0.264 e. The van der Waals surface area contributed by atoms with Gasteiger partial charge in [0, 0.05) is 0 Å². The average Bonchev–Trinajstić information content (AvgIpc) is 2.19. The van der Waals surface area contributed by atoms with Crippen LogP contribution in [0.2, 0.25) is 0 Å². The maximum absolute atomic E-state index is 5.37. The number of nitrogens with one attached hydrogen (secondary N) is 1. The third-order valence-corrected chi connectivity index (χ3v) is 1.53. The van der Waals surface area contributed by atoms with Crippen LogP contribution in [-0.4, -0.2) is 20.6 Å². The molecule has 0 fully saturated rings. The van der Waals surface area contributed by atoms with Crippen molar-refractivity contribution in [3.63, 3.8) is 0 Å². The Morgan fingerprint density at radius 1 is 1.88 bits per heavy atom. The van der Waals surface area contributed by atoms with E-state index in [9.17, 15) is 0 Å². The second-order valence-corrected chi connectivity index (χ2v) is 2.64. The molecule has 0 aliphatic heterocycles. The quantitative estimate of drug-likeness (QED) is 0.506. The number of aromatic nitrogens is 3. The molecule has 0 saturated heterocycles. The second-order valence-electron chi connectivity index (χ2n) is 1.07. The zero-order valence-electron chi connectivity index (χ0n) is 3.97. The van der Waals surface area contributed by atoms with Crippen molar-refractivity contribution in [2.75, 3.05) is 5.21 Å². The van der Waals surface area contributed by atoms with Crippen LogP contribution < -0.4 is 0 Å². The molecular formula is C3H4ClN3S. The van der Waals surface area contributed by atoms with Crippen molar-refractivity contribution >= 4 is 23.4 Å². The zero-order chi connectivity index (χ0) is 5.82. The Labute approximate surface area is 55.8 Å². The van der Waals surface area contributed by atoms with E-state index in [1.807, 2.05) is 0 Å². The molecule has 1 heterocycles. The van der Waals surface area contributed by atoms with Crippen LogP contribution in [0, 0.1) is 0 Å². The zero-order valence-corrected chi connectivity index (χ0v) is 5.54. The highest BCUT2D eigenvalue weighted by atomic mass is 35.5. The van der Waals surface area contributed by atoms with Crippen LogP contribution in [0.25, 0.3) is 0 Å². The molecule has 0 aliphatic rings. The summed E-state index contributed by atoms with van der Waals surface area (Å²) in [7, 11) is 0. The molecule has 3 nitrogen and oxygen atoms in total. The van der Waals surface area contributed by atoms with E-state index in [2.05, 4.69) is 15.4 Å². The first-order valence-electron chi connectivity index (χ1n) is 1.98. The summed E-state index contributed by atoms with van der Waals surface area (Å²) in [6, 6.07) is 0. The number of hydrogen-bond donors (Lipinski definition) is 1. The van der Waals surface area contributed by atoms with Gasteiger partial charge in [0.2, 0.25) is 0 Å². The smallest absolute Gasteiger partial charge is 0.139 e. The first-order valence-corrected chi connectivity index (χ1v) is 3.50. The largest absolute Gasteiger partial charge is 0.264 e. The predicted molar refractivity (Wildman–Crippen MR) is 33.0 cm³/mol. The maximum Gasteiger partial charge on any atom is 0.139 e. The molecule has 1 aromatic rings. The number of halogens is 1. The van der Waals surface area contributed by atoms with Gasteiger partial charge in [-0.1, -0.05) is 17.0 Å². The maximum atomic E-state index is 5.37. The van der Waals surface area contributed by atoms with Gasteiger partial charge in [-0.25, -0.2) is 0 Å². The van der Waals surface area contributed by atoms with Gasteiger partial charge in [-0.2, -0.15) is 0 Å². The van der Waals surface area contributed by atoms with Crippen molar-refractivity contribution in [1.29, 1.82) is 0 Å². The number of alkyl halides is 1. The van der Waals surface area contributed by atoms with Gasteiger partial charge in [0.05, 0.1) is 11.4 Å². The number of hydrogen-bond acceptors (Lipinski definition) is 3. The molecule has 44 valence electrons. The van der Waals surface area contributed by atoms with Crippen molar-refractivity contribution in [1.82, 2.24) is 15.4 Å². The third-order valence-electron chi connectivity index (χ3n) is 0.597. The molecule has 0 radical (unpaired) electrons. The van der Waals surface area contributed by atoms with Crippen LogP contribution in [0.4, 0.5) is 0 Å². The molecular weight excluding hydrogens is 146 g/mol. The van der Waals surface area contributed by atoms with E-state index in [-0.39, 0.29) is 0 Å². The molecule has 0 atom stereocenters. The molecule has 1 N–H and O–H groups in total. The summed E-state index contributed by atoms with van der Waals surface area (Å²) in [6.07, 6.45) is 1.70. The fraction of sp³-hybridized carbons (Fsp3) is 0.333. The van der Waals surface area contributed by atoms with E-state index in [4.69, 9.17) is 11.6 Å². The van der Waals surface area contributed by atoms with Gasteiger partial charge in [-0.05, 0) is 0 Å². The van der Waals surface area contributed by atoms with Gasteiger partial charge in [0.15, 0.2) is 0 Å². The van der Waals surface area contributed by atoms with Gasteiger partial charge in [-0.15, -0.1) is 16.7 Å². The number of H-pyrrole nitrogens is 1. The summed E-state index contributed by atoms with van der Waals surface area (Å²) in [6.45, 7) is 0. The van der Waals surface area contributed by atoms with Crippen LogP contribution in [0.5, 0.6) is 0 Å². The minimum absolute atomic E-state index is 0.520. The summed E-state index contributed by atoms with van der Waals surface area (Å²) in [4.78, 5) is 0. The van der Waals surface area contributed by atoms with Crippen molar-refractivity contribution in [2.45, 2.75) is 5.03 Å². The van der Waals surface area contributed by atoms with Gasteiger partial charge in [0.1, 0.15) is 5.03 Å². The van der Waals surface area contributed by atoms with Crippen molar-refractivity contribution < 1.29 is 0 Å². The lowest BCUT2D eigenvalue weighted by atomic mass is 11.0. The summed E-state index contributed by atoms with van der Waals surface area (Å²) in [5, 5.41) is 11.1. The summed E-state index contributed by atoms with van der Waals surface area (Å²) < 4.78 is 0. The standard InChI is InChI=1S/C3H4ClN3S/c4-2-8-3-1-5-7-6-3/h1H,2H2,(H,5,6,7). The lowest BCUT2D eigenvalue weighted by Gasteiger charge is -1.81. The SMILES string of the molecule is ClCSc1c[nH]nn1. The van der Waals surface area contributed by atoms with Crippen molar-refractivity contribution in [2.24, 2.45) is 0 Å². The monoisotopic (exact) mass is 149 g/mol. The molecule has 0 saturated carbocycles. The van der Waals surface area contributed by atoms with E-state index >= 15 is 0 Å². The molecule has 0 spiro atoms. The van der Waals surface area contributed by atoms with Gasteiger partial charge >= 0.3 is 0 Å². The summed E-state index contributed by atoms with van der Waals surface area (Å²) >= 11 is 6.82. The number of rotatable bonds is 2. The average molecular weight is 150 g/mol. The molecule has 0 unspecified atom stereocenters. The normalized spacial score (nSPS) is 9.62. The Morgan fingerprint density at radius 2 is 2.75 bits per heavy atom. The van der Waals surface area contributed by atoms with E-state index in [1.165, 1.54) is 11.8 Å². The third kappa shape index (κ3) is 1.38. The Bertz CT molecular complexity index is 140. The van der Waals surface area contributed by atoms with Crippen molar-refractivity contribution in [3.05, 3.63) is 6.20 Å². The fourth-order valence-corrected chi connectivity index (χ4v) is 0.999. The highest BCUT2D eigenvalue weighted by Crippen LogP contribution is 2.12. The van der Waals surface area contributed by atoms with E-state index in [0.29, 0.717) is 5.21 Å². The Morgan fingerprint density at radius 3 is 3.25 bits per heavy atom. The van der Waals surface area contributed by atoms with Gasteiger partial charge < -0.3 is 0 Å². The highest BCUT2D eigenvalue weighted by molar-refractivity contribution is 8.00. The predicted octanol–water partition coefficient (Wildman–Crippen LogP) is 1.09. The molecule has 1 aromatic heterocycles. The van der Waals surface area contributed by atoms with Crippen LogP contribution in [0.15, 0.2) is 11.2 Å². The highest BCUT2D eigenvalue weighted by Gasteiger charge is 1.91. The molecule has 0 aliphatic carbocycles. The number of thioether (sulfide) groups is 1. The lowest BCUT2D eigenvalue weighted by molar-refractivity contribution is 0.911. The van der Waals surface area contributed by atoms with Crippen LogP contribution in [-0.2, 0) is 0 Å². The van der Waals surface area contributed by atoms with Crippen LogP contribution in [0.1, 0.15) is 0 Å². The van der Waals surface area contributed by atoms with Crippen LogP contribution >= 0.6 is 23.4 Å².